The third kappa shape index (κ3) is 4.50. The summed E-state index contributed by atoms with van der Waals surface area (Å²) >= 11 is 1.68. The molecule has 8 nitrogen and oxygen atoms in total. The predicted molar refractivity (Wildman–Crippen MR) is 124 cm³/mol. The number of hydrogen-bond acceptors (Lipinski definition) is 8. The Morgan fingerprint density at radius 1 is 1.16 bits per heavy atom. The van der Waals surface area contributed by atoms with Crippen molar-refractivity contribution >= 4 is 39.1 Å². The standard InChI is InChI=1S/C22H28N8S/c1-12-6-19(30-29-12)26-20-18-7-13(2)31-21(18)28-22(27-20)25-17-10-15-8-14(4-3-5-23)9-16(11-17)24-15/h6-7,14-17,24H,3-4,8-11H2,1-2H3,(H3,25,26,27,28,29,30). The smallest absolute Gasteiger partial charge is 0.226 e. The number of aromatic amines is 1. The topological polar surface area (TPSA) is 114 Å². The second kappa shape index (κ2) is 8.44. The third-order valence-electron chi connectivity index (χ3n) is 6.31. The van der Waals surface area contributed by atoms with Crippen molar-refractivity contribution in [1.29, 1.82) is 5.26 Å². The van der Waals surface area contributed by atoms with Gasteiger partial charge in [-0.25, -0.2) is 4.98 Å². The molecule has 2 aliphatic rings. The van der Waals surface area contributed by atoms with Gasteiger partial charge in [0.05, 0.1) is 11.5 Å². The number of anilines is 3. The average Bonchev–Trinajstić information content (AvgIpc) is 3.30. The number of aromatic nitrogens is 4. The highest BCUT2D eigenvalue weighted by atomic mass is 32.1. The molecule has 0 aliphatic carbocycles. The highest BCUT2D eigenvalue weighted by Gasteiger charge is 2.35. The van der Waals surface area contributed by atoms with Gasteiger partial charge < -0.3 is 16.0 Å². The first-order valence-corrected chi connectivity index (χ1v) is 11.8. The molecule has 2 atom stereocenters. The summed E-state index contributed by atoms with van der Waals surface area (Å²) in [5.74, 6) is 2.89. The molecule has 162 valence electrons. The molecule has 3 aromatic heterocycles. The van der Waals surface area contributed by atoms with Crippen molar-refractivity contribution in [3.63, 3.8) is 0 Å². The van der Waals surface area contributed by atoms with Gasteiger partial charge in [-0.15, -0.1) is 11.3 Å². The zero-order valence-electron chi connectivity index (χ0n) is 17.9. The Balaban J connectivity index is 1.33. The third-order valence-corrected chi connectivity index (χ3v) is 7.26. The van der Waals surface area contributed by atoms with Gasteiger partial charge in [0.2, 0.25) is 5.95 Å². The Bertz CT molecular complexity index is 1100. The number of piperidine rings is 2. The summed E-state index contributed by atoms with van der Waals surface area (Å²) in [6.45, 7) is 4.08. The Hall–Kier alpha value is -2.70. The van der Waals surface area contributed by atoms with Crippen molar-refractivity contribution in [3.05, 3.63) is 22.7 Å². The number of H-pyrrole nitrogens is 1. The van der Waals surface area contributed by atoms with Crippen molar-refractivity contribution in [2.45, 2.75) is 70.5 Å². The quantitative estimate of drug-likeness (QED) is 0.453. The molecule has 2 aliphatic heterocycles. The monoisotopic (exact) mass is 436 g/mol. The first-order valence-electron chi connectivity index (χ1n) is 11.0. The fourth-order valence-electron chi connectivity index (χ4n) is 5.09. The number of fused-ring (bicyclic) bond motifs is 3. The van der Waals surface area contributed by atoms with Crippen LogP contribution >= 0.6 is 11.3 Å². The van der Waals surface area contributed by atoms with Crippen LogP contribution in [0.15, 0.2) is 12.1 Å². The molecule has 5 heterocycles. The molecule has 3 aromatic rings. The molecule has 31 heavy (non-hydrogen) atoms. The number of hydrogen-bond donors (Lipinski definition) is 4. The molecule has 4 N–H and O–H groups in total. The zero-order valence-corrected chi connectivity index (χ0v) is 18.7. The summed E-state index contributed by atoms with van der Waals surface area (Å²) in [6.07, 6.45) is 6.14. The molecular formula is C22H28N8S. The molecule has 2 saturated heterocycles. The Morgan fingerprint density at radius 2 is 1.97 bits per heavy atom. The summed E-state index contributed by atoms with van der Waals surface area (Å²) in [6, 6.07) is 7.76. The molecule has 0 spiro atoms. The van der Waals surface area contributed by atoms with Gasteiger partial charge >= 0.3 is 0 Å². The van der Waals surface area contributed by atoms with Crippen LogP contribution in [-0.4, -0.2) is 38.3 Å². The Morgan fingerprint density at radius 3 is 2.68 bits per heavy atom. The van der Waals surface area contributed by atoms with E-state index in [-0.39, 0.29) is 0 Å². The minimum absolute atomic E-state index is 0.354. The predicted octanol–water partition coefficient (Wildman–Crippen LogP) is 4.39. The summed E-state index contributed by atoms with van der Waals surface area (Å²) in [5, 5.41) is 27.9. The molecule has 9 heteroatoms. The van der Waals surface area contributed by atoms with Crippen LogP contribution < -0.4 is 16.0 Å². The van der Waals surface area contributed by atoms with E-state index in [0.717, 1.165) is 59.7 Å². The first kappa shape index (κ1) is 20.2. The summed E-state index contributed by atoms with van der Waals surface area (Å²) in [7, 11) is 0. The van der Waals surface area contributed by atoms with Gasteiger partial charge in [0, 0.05) is 41.2 Å². The highest BCUT2D eigenvalue weighted by Crippen LogP contribution is 2.35. The average molecular weight is 437 g/mol. The maximum Gasteiger partial charge on any atom is 0.226 e. The fourth-order valence-corrected chi connectivity index (χ4v) is 5.97. The lowest BCUT2D eigenvalue weighted by Crippen LogP contribution is -2.54. The van der Waals surface area contributed by atoms with Crippen LogP contribution in [-0.2, 0) is 0 Å². The van der Waals surface area contributed by atoms with E-state index in [1.807, 2.05) is 13.0 Å². The number of rotatable bonds is 6. The normalized spacial score (nSPS) is 25.3. The lowest BCUT2D eigenvalue weighted by molar-refractivity contribution is 0.171. The molecule has 2 unspecified atom stereocenters. The molecule has 0 aromatic carbocycles. The van der Waals surface area contributed by atoms with Crippen molar-refractivity contribution in [2.75, 3.05) is 10.6 Å². The van der Waals surface area contributed by atoms with Crippen molar-refractivity contribution in [3.8, 4) is 6.07 Å². The summed E-state index contributed by atoms with van der Waals surface area (Å²) in [5.41, 5.74) is 1.00. The zero-order chi connectivity index (χ0) is 21.4. The highest BCUT2D eigenvalue weighted by molar-refractivity contribution is 7.18. The molecule has 5 rings (SSSR count). The van der Waals surface area contributed by atoms with E-state index in [0.29, 0.717) is 36.4 Å². The Kier molecular flexibility index (Phi) is 5.50. The van der Waals surface area contributed by atoms with Gasteiger partial charge in [-0.3, -0.25) is 5.10 Å². The second-order valence-electron chi connectivity index (χ2n) is 8.94. The van der Waals surface area contributed by atoms with Crippen molar-refractivity contribution < 1.29 is 0 Å². The number of nitrogens with one attached hydrogen (secondary N) is 4. The molecule has 0 amide bonds. The second-order valence-corrected chi connectivity index (χ2v) is 10.2. The van der Waals surface area contributed by atoms with Crippen LogP contribution in [0.25, 0.3) is 10.2 Å². The van der Waals surface area contributed by atoms with E-state index >= 15 is 0 Å². The molecular weight excluding hydrogens is 408 g/mol. The van der Waals surface area contributed by atoms with Gasteiger partial charge in [-0.2, -0.15) is 15.3 Å². The van der Waals surface area contributed by atoms with E-state index in [4.69, 9.17) is 15.2 Å². The minimum Gasteiger partial charge on any atom is -0.351 e. The van der Waals surface area contributed by atoms with Gasteiger partial charge in [-0.1, -0.05) is 0 Å². The van der Waals surface area contributed by atoms with Gasteiger partial charge in [0.15, 0.2) is 5.82 Å². The summed E-state index contributed by atoms with van der Waals surface area (Å²) < 4.78 is 0. The minimum atomic E-state index is 0.354. The van der Waals surface area contributed by atoms with E-state index in [1.165, 1.54) is 4.88 Å². The van der Waals surface area contributed by atoms with E-state index in [1.54, 1.807) is 11.3 Å². The van der Waals surface area contributed by atoms with Crippen LogP contribution in [0.3, 0.4) is 0 Å². The first-order chi connectivity index (χ1) is 15.1. The number of aryl methyl sites for hydroxylation is 2. The molecule has 2 fully saturated rings. The van der Waals surface area contributed by atoms with Gasteiger partial charge in [0.25, 0.3) is 0 Å². The molecule has 0 radical (unpaired) electrons. The van der Waals surface area contributed by atoms with Gasteiger partial charge in [-0.05, 0) is 57.9 Å². The number of nitriles is 1. The fraction of sp³-hybridized carbons (Fsp3) is 0.545. The number of nitrogens with zero attached hydrogens (tertiary/aromatic N) is 4. The lowest BCUT2D eigenvalue weighted by Gasteiger charge is -2.43. The van der Waals surface area contributed by atoms with Crippen LogP contribution in [0.4, 0.5) is 17.6 Å². The van der Waals surface area contributed by atoms with E-state index < -0.39 is 0 Å². The van der Waals surface area contributed by atoms with Crippen molar-refractivity contribution in [1.82, 2.24) is 25.5 Å². The lowest BCUT2D eigenvalue weighted by atomic mass is 9.77. The van der Waals surface area contributed by atoms with Crippen LogP contribution in [0, 0.1) is 31.1 Å². The van der Waals surface area contributed by atoms with E-state index in [2.05, 4.69) is 45.2 Å². The SMILES string of the molecule is Cc1cc(Nc2nc(NC3CC4CC(CCC#N)CC(C3)N4)nc3sc(C)cc23)n[nH]1. The van der Waals surface area contributed by atoms with Crippen LogP contribution in [0.5, 0.6) is 0 Å². The maximum atomic E-state index is 8.90. The Labute approximate surface area is 185 Å². The largest absolute Gasteiger partial charge is 0.351 e. The van der Waals surface area contributed by atoms with Crippen LogP contribution in [0.1, 0.15) is 49.1 Å². The molecule has 2 bridgehead atoms. The molecule has 0 saturated carbocycles. The van der Waals surface area contributed by atoms with Crippen LogP contribution in [0.2, 0.25) is 0 Å². The van der Waals surface area contributed by atoms with Gasteiger partial charge in [0.1, 0.15) is 10.6 Å². The summed E-state index contributed by atoms with van der Waals surface area (Å²) in [4.78, 5) is 11.8. The number of thiophene rings is 1. The van der Waals surface area contributed by atoms with Crippen molar-refractivity contribution in [2.24, 2.45) is 5.92 Å². The maximum absolute atomic E-state index is 8.90. The van der Waals surface area contributed by atoms with E-state index in [9.17, 15) is 0 Å².